The summed E-state index contributed by atoms with van der Waals surface area (Å²) in [6, 6.07) is 0. The van der Waals surface area contributed by atoms with Crippen molar-refractivity contribution in [3.8, 4) is 0 Å². The first kappa shape index (κ1) is 14.9. The van der Waals surface area contributed by atoms with Gasteiger partial charge < -0.3 is 5.32 Å². The van der Waals surface area contributed by atoms with E-state index in [1.54, 1.807) is 6.08 Å². The van der Waals surface area contributed by atoms with Gasteiger partial charge in [-0.1, -0.05) is 24.6 Å². The molecule has 0 fully saturated rings. The third kappa shape index (κ3) is 7.79. The van der Waals surface area contributed by atoms with Gasteiger partial charge in [0.05, 0.1) is 6.26 Å². The number of nitrogens with zero attached hydrogens (tertiary/aromatic N) is 1. The van der Waals surface area contributed by atoms with Gasteiger partial charge in [0.1, 0.15) is 0 Å². The molecule has 0 unspecified atom stereocenters. The maximum Gasteiger partial charge on any atom is 0.211 e. The molecule has 0 amide bonds. The van der Waals surface area contributed by atoms with Crippen LogP contribution in [0.1, 0.15) is 13.3 Å². The van der Waals surface area contributed by atoms with E-state index in [0.29, 0.717) is 19.6 Å². The Bertz CT molecular complexity index is 278. The lowest BCUT2D eigenvalue weighted by Crippen LogP contribution is -2.32. The highest BCUT2D eigenvalue weighted by molar-refractivity contribution is 7.88. The van der Waals surface area contributed by atoms with E-state index >= 15 is 0 Å². The average Bonchev–Trinajstić information content (AvgIpc) is 2.15. The van der Waals surface area contributed by atoms with Gasteiger partial charge in [-0.15, -0.1) is 0 Å². The smallest absolute Gasteiger partial charge is 0.211 e. The van der Waals surface area contributed by atoms with Gasteiger partial charge in [-0.25, -0.2) is 12.7 Å². The SMILES string of the molecule is CCN(CCCNC/C=C/Cl)S(C)(=O)=O. The van der Waals surface area contributed by atoms with Gasteiger partial charge >= 0.3 is 0 Å². The number of hydrogen-bond donors (Lipinski definition) is 1. The number of sulfonamides is 1. The van der Waals surface area contributed by atoms with E-state index < -0.39 is 10.0 Å². The third-order valence-corrected chi connectivity index (χ3v) is 3.49. The molecule has 0 saturated carbocycles. The van der Waals surface area contributed by atoms with Crippen LogP contribution in [0.4, 0.5) is 0 Å². The molecule has 4 nitrogen and oxygen atoms in total. The lowest BCUT2D eigenvalue weighted by Gasteiger charge is -2.17. The lowest BCUT2D eigenvalue weighted by atomic mass is 10.4. The van der Waals surface area contributed by atoms with Crippen molar-refractivity contribution in [3.05, 3.63) is 11.6 Å². The maximum absolute atomic E-state index is 11.2. The van der Waals surface area contributed by atoms with E-state index in [1.807, 2.05) is 6.92 Å². The van der Waals surface area contributed by atoms with Crippen LogP contribution in [0.5, 0.6) is 0 Å². The monoisotopic (exact) mass is 254 g/mol. The standard InChI is InChI=1S/C9H19ClN2O2S/c1-3-12(15(2,13)14)9-5-8-11-7-4-6-10/h4,6,11H,3,5,7-9H2,1-2H3/b6-4+. The first-order valence-corrected chi connectivity index (χ1v) is 7.22. The van der Waals surface area contributed by atoms with Crippen LogP contribution in [-0.4, -0.2) is 45.2 Å². The highest BCUT2D eigenvalue weighted by Crippen LogP contribution is 1.97. The molecule has 0 aromatic carbocycles. The Kier molecular flexibility index (Phi) is 8.04. The predicted octanol–water partition coefficient (Wildman–Crippen LogP) is 1.00. The molecule has 0 bridgehead atoms. The van der Waals surface area contributed by atoms with Crippen molar-refractivity contribution in [1.82, 2.24) is 9.62 Å². The zero-order chi connectivity index (χ0) is 11.7. The summed E-state index contributed by atoms with van der Waals surface area (Å²) in [6.07, 6.45) is 3.84. The average molecular weight is 255 g/mol. The lowest BCUT2D eigenvalue weighted by molar-refractivity contribution is 0.421. The summed E-state index contributed by atoms with van der Waals surface area (Å²) in [5.74, 6) is 0. The number of hydrogen-bond acceptors (Lipinski definition) is 3. The summed E-state index contributed by atoms with van der Waals surface area (Å²) < 4.78 is 23.9. The fourth-order valence-electron chi connectivity index (χ4n) is 1.17. The summed E-state index contributed by atoms with van der Waals surface area (Å²) in [4.78, 5) is 0. The van der Waals surface area contributed by atoms with Crippen molar-refractivity contribution in [2.75, 3.05) is 32.4 Å². The molecule has 0 aromatic heterocycles. The van der Waals surface area contributed by atoms with E-state index in [4.69, 9.17) is 11.6 Å². The molecule has 0 aliphatic rings. The predicted molar refractivity (Wildman–Crippen MR) is 64.6 cm³/mol. The Morgan fingerprint density at radius 3 is 2.60 bits per heavy atom. The van der Waals surface area contributed by atoms with Crippen molar-refractivity contribution < 1.29 is 8.42 Å². The van der Waals surface area contributed by atoms with Gasteiger partial charge in [0.2, 0.25) is 10.0 Å². The molecule has 0 rings (SSSR count). The molecule has 0 saturated heterocycles. The Morgan fingerprint density at radius 2 is 2.13 bits per heavy atom. The molecule has 0 aliphatic carbocycles. The fraction of sp³-hybridized carbons (Fsp3) is 0.778. The zero-order valence-corrected chi connectivity index (χ0v) is 10.8. The number of halogens is 1. The molecule has 6 heteroatoms. The van der Waals surface area contributed by atoms with Crippen LogP contribution in [-0.2, 0) is 10.0 Å². The Hall–Kier alpha value is -0.100. The summed E-state index contributed by atoms with van der Waals surface area (Å²) in [5.41, 5.74) is 1.46. The van der Waals surface area contributed by atoms with Gasteiger partial charge in [-0.05, 0) is 13.0 Å². The minimum atomic E-state index is -3.04. The van der Waals surface area contributed by atoms with Crippen LogP contribution in [0.15, 0.2) is 11.6 Å². The van der Waals surface area contributed by atoms with Crippen molar-refractivity contribution in [3.63, 3.8) is 0 Å². The fourth-order valence-corrected chi connectivity index (χ4v) is 2.19. The molecule has 0 aromatic rings. The van der Waals surface area contributed by atoms with Gasteiger partial charge in [-0.3, -0.25) is 0 Å². The molecule has 15 heavy (non-hydrogen) atoms. The zero-order valence-electron chi connectivity index (χ0n) is 9.24. The van der Waals surface area contributed by atoms with E-state index in [2.05, 4.69) is 5.32 Å². The first-order chi connectivity index (χ1) is 7.02. The van der Waals surface area contributed by atoms with E-state index in [9.17, 15) is 8.42 Å². The Balaban J connectivity index is 3.65. The normalized spacial score (nSPS) is 12.8. The molecular formula is C9H19ClN2O2S. The Labute approximate surface area is 97.3 Å². The highest BCUT2D eigenvalue weighted by Gasteiger charge is 2.12. The van der Waals surface area contributed by atoms with E-state index in [0.717, 1.165) is 13.0 Å². The van der Waals surface area contributed by atoms with Gasteiger partial charge in [0.15, 0.2) is 0 Å². The first-order valence-electron chi connectivity index (χ1n) is 4.93. The van der Waals surface area contributed by atoms with Crippen molar-refractivity contribution in [2.24, 2.45) is 0 Å². The summed E-state index contributed by atoms with van der Waals surface area (Å²) >= 11 is 5.34. The number of rotatable bonds is 8. The molecule has 90 valence electrons. The minimum Gasteiger partial charge on any atom is -0.313 e. The molecule has 0 spiro atoms. The maximum atomic E-state index is 11.2. The summed E-state index contributed by atoms with van der Waals surface area (Å²) in [7, 11) is -3.04. The van der Waals surface area contributed by atoms with Crippen LogP contribution < -0.4 is 5.32 Å². The van der Waals surface area contributed by atoms with Crippen molar-refractivity contribution >= 4 is 21.6 Å². The van der Waals surface area contributed by atoms with Crippen LogP contribution in [0.25, 0.3) is 0 Å². The molecule has 0 radical (unpaired) electrons. The number of nitrogens with one attached hydrogen (secondary N) is 1. The summed E-state index contributed by atoms with van der Waals surface area (Å²) in [5, 5.41) is 3.12. The van der Waals surface area contributed by atoms with Crippen LogP contribution >= 0.6 is 11.6 Å². The van der Waals surface area contributed by atoms with Gasteiger partial charge in [0, 0.05) is 25.2 Å². The Morgan fingerprint density at radius 1 is 1.47 bits per heavy atom. The second-order valence-electron chi connectivity index (χ2n) is 3.17. The minimum absolute atomic E-state index is 0.528. The van der Waals surface area contributed by atoms with Crippen LogP contribution in [0, 0.1) is 0 Å². The van der Waals surface area contributed by atoms with Crippen molar-refractivity contribution in [2.45, 2.75) is 13.3 Å². The quantitative estimate of drug-likeness (QED) is 0.658. The molecule has 0 heterocycles. The van der Waals surface area contributed by atoms with Crippen LogP contribution in [0.2, 0.25) is 0 Å². The topological polar surface area (TPSA) is 49.4 Å². The van der Waals surface area contributed by atoms with Gasteiger partial charge in [-0.2, -0.15) is 0 Å². The second kappa shape index (κ2) is 8.10. The highest BCUT2D eigenvalue weighted by atomic mass is 35.5. The van der Waals surface area contributed by atoms with E-state index in [-0.39, 0.29) is 0 Å². The van der Waals surface area contributed by atoms with Crippen LogP contribution in [0.3, 0.4) is 0 Å². The van der Waals surface area contributed by atoms with E-state index in [1.165, 1.54) is 16.1 Å². The molecule has 0 aliphatic heterocycles. The molecular weight excluding hydrogens is 236 g/mol. The van der Waals surface area contributed by atoms with Crippen molar-refractivity contribution in [1.29, 1.82) is 0 Å². The van der Waals surface area contributed by atoms with Gasteiger partial charge in [0.25, 0.3) is 0 Å². The summed E-state index contributed by atoms with van der Waals surface area (Å²) in [6.45, 7) is 4.43. The second-order valence-corrected chi connectivity index (χ2v) is 5.41. The molecule has 1 N–H and O–H groups in total. The third-order valence-electron chi connectivity index (χ3n) is 1.93. The molecule has 0 atom stereocenters. The largest absolute Gasteiger partial charge is 0.313 e.